The van der Waals surface area contributed by atoms with Crippen molar-refractivity contribution in [1.82, 2.24) is 14.9 Å². The molecular formula is C14H18ClN3. The van der Waals surface area contributed by atoms with E-state index in [0.29, 0.717) is 0 Å². The van der Waals surface area contributed by atoms with Crippen LogP contribution in [0, 0.1) is 0 Å². The summed E-state index contributed by atoms with van der Waals surface area (Å²) in [5.74, 6) is 0. The SMILES string of the molecule is CC(C)(C)NCc1c(Cl)cccc1-n1ccnc1. The van der Waals surface area contributed by atoms with Crippen molar-refractivity contribution in [3.63, 3.8) is 0 Å². The molecule has 3 nitrogen and oxygen atoms in total. The van der Waals surface area contributed by atoms with Gasteiger partial charge in [0.15, 0.2) is 0 Å². The first-order valence-corrected chi connectivity index (χ1v) is 6.36. The Morgan fingerprint density at radius 1 is 1.33 bits per heavy atom. The molecule has 0 unspecified atom stereocenters. The Labute approximate surface area is 113 Å². The first-order chi connectivity index (χ1) is 8.47. The Bertz CT molecular complexity index is 512. The summed E-state index contributed by atoms with van der Waals surface area (Å²) < 4.78 is 1.98. The predicted molar refractivity (Wildman–Crippen MR) is 75.2 cm³/mol. The third-order valence-electron chi connectivity index (χ3n) is 2.67. The van der Waals surface area contributed by atoms with Crippen LogP contribution in [0.2, 0.25) is 5.02 Å². The topological polar surface area (TPSA) is 29.9 Å². The maximum Gasteiger partial charge on any atom is 0.0991 e. The first-order valence-electron chi connectivity index (χ1n) is 5.98. The van der Waals surface area contributed by atoms with Crippen LogP contribution in [0.25, 0.3) is 5.69 Å². The average Bonchev–Trinajstić information content (AvgIpc) is 2.79. The molecule has 1 N–H and O–H groups in total. The van der Waals surface area contributed by atoms with E-state index in [2.05, 4.69) is 31.1 Å². The fraction of sp³-hybridized carbons (Fsp3) is 0.357. The van der Waals surface area contributed by atoms with Gasteiger partial charge in [-0.05, 0) is 32.9 Å². The highest BCUT2D eigenvalue weighted by Gasteiger charge is 2.13. The molecule has 0 saturated heterocycles. The van der Waals surface area contributed by atoms with Crippen LogP contribution < -0.4 is 5.32 Å². The molecule has 2 aromatic rings. The Hall–Kier alpha value is -1.32. The lowest BCUT2D eigenvalue weighted by atomic mass is 10.1. The predicted octanol–water partition coefficient (Wildman–Crippen LogP) is 3.41. The molecule has 1 heterocycles. The smallest absolute Gasteiger partial charge is 0.0991 e. The maximum absolute atomic E-state index is 6.30. The molecule has 18 heavy (non-hydrogen) atoms. The molecule has 0 fully saturated rings. The molecule has 0 spiro atoms. The molecule has 0 aliphatic heterocycles. The molecule has 2 rings (SSSR count). The van der Waals surface area contributed by atoms with E-state index in [9.17, 15) is 0 Å². The minimum Gasteiger partial charge on any atom is -0.308 e. The van der Waals surface area contributed by atoms with E-state index in [1.807, 2.05) is 29.0 Å². The molecule has 0 bridgehead atoms. The Balaban J connectivity index is 2.33. The minimum absolute atomic E-state index is 0.0609. The molecular weight excluding hydrogens is 246 g/mol. The monoisotopic (exact) mass is 263 g/mol. The number of rotatable bonds is 3. The van der Waals surface area contributed by atoms with Gasteiger partial charge in [0.2, 0.25) is 0 Å². The highest BCUT2D eigenvalue weighted by Crippen LogP contribution is 2.23. The van der Waals surface area contributed by atoms with E-state index >= 15 is 0 Å². The standard InChI is InChI=1S/C14H18ClN3/c1-14(2,3)17-9-11-12(15)5-4-6-13(11)18-8-7-16-10-18/h4-8,10,17H,9H2,1-3H3. The minimum atomic E-state index is 0.0609. The lowest BCUT2D eigenvalue weighted by molar-refractivity contribution is 0.424. The summed E-state index contributed by atoms with van der Waals surface area (Å²) >= 11 is 6.30. The molecule has 0 aliphatic carbocycles. The second kappa shape index (κ2) is 5.12. The van der Waals surface area contributed by atoms with Gasteiger partial charge in [-0.3, -0.25) is 0 Å². The second-order valence-electron chi connectivity index (χ2n) is 5.31. The van der Waals surface area contributed by atoms with Crippen LogP contribution in [-0.4, -0.2) is 15.1 Å². The van der Waals surface area contributed by atoms with Crippen molar-refractivity contribution >= 4 is 11.6 Å². The van der Waals surface area contributed by atoms with Crippen LogP contribution >= 0.6 is 11.6 Å². The van der Waals surface area contributed by atoms with Gasteiger partial charge in [0.05, 0.1) is 12.0 Å². The van der Waals surface area contributed by atoms with Gasteiger partial charge in [0.1, 0.15) is 0 Å². The largest absolute Gasteiger partial charge is 0.308 e. The summed E-state index contributed by atoms with van der Waals surface area (Å²) in [7, 11) is 0. The van der Waals surface area contributed by atoms with Crippen molar-refractivity contribution in [1.29, 1.82) is 0 Å². The van der Waals surface area contributed by atoms with E-state index in [0.717, 1.165) is 22.8 Å². The molecule has 4 heteroatoms. The Morgan fingerprint density at radius 2 is 2.11 bits per heavy atom. The van der Waals surface area contributed by atoms with Crippen molar-refractivity contribution in [2.75, 3.05) is 0 Å². The molecule has 0 amide bonds. The van der Waals surface area contributed by atoms with Crippen LogP contribution in [0.3, 0.4) is 0 Å². The van der Waals surface area contributed by atoms with Crippen LogP contribution in [0.1, 0.15) is 26.3 Å². The van der Waals surface area contributed by atoms with Crippen molar-refractivity contribution in [2.24, 2.45) is 0 Å². The number of nitrogens with zero attached hydrogens (tertiary/aromatic N) is 2. The van der Waals surface area contributed by atoms with Crippen molar-refractivity contribution in [2.45, 2.75) is 32.9 Å². The molecule has 1 aromatic heterocycles. The normalized spacial score (nSPS) is 11.8. The third kappa shape index (κ3) is 3.12. The molecule has 0 atom stereocenters. The first kappa shape index (κ1) is 13.1. The number of halogens is 1. The third-order valence-corrected chi connectivity index (χ3v) is 3.03. The van der Waals surface area contributed by atoms with Crippen molar-refractivity contribution in [3.8, 4) is 5.69 Å². The fourth-order valence-electron chi connectivity index (χ4n) is 1.72. The second-order valence-corrected chi connectivity index (χ2v) is 5.72. The van der Waals surface area contributed by atoms with Gasteiger partial charge < -0.3 is 9.88 Å². The number of hydrogen-bond donors (Lipinski definition) is 1. The van der Waals surface area contributed by atoms with E-state index in [4.69, 9.17) is 11.6 Å². The van der Waals surface area contributed by atoms with Crippen molar-refractivity contribution < 1.29 is 0 Å². The van der Waals surface area contributed by atoms with Crippen LogP contribution in [0.5, 0.6) is 0 Å². The highest BCUT2D eigenvalue weighted by molar-refractivity contribution is 6.31. The zero-order chi connectivity index (χ0) is 13.2. The number of aromatic nitrogens is 2. The molecule has 0 aliphatic rings. The zero-order valence-corrected chi connectivity index (χ0v) is 11.7. The number of hydrogen-bond acceptors (Lipinski definition) is 2. The number of nitrogens with one attached hydrogen (secondary N) is 1. The van der Waals surface area contributed by atoms with Crippen LogP contribution in [0.4, 0.5) is 0 Å². The lowest BCUT2D eigenvalue weighted by Gasteiger charge is -2.22. The summed E-state index contributed by atoms with van der Waals surface area (Å²) in [4.78, 5) is 4.08. The van der Waals surface area contributed by atoms with E-state index in [1.54, 1.807) is 12.5 Å². The number of benzene rings is 1. The molecule has 1 aromatic carbocycles. The summed E-state index contributed by atoms with van der Waals surface area (Å²) in [6.07, 6.45) is 5.47. The molecule has 0 radical (unpaired) electrons. The fourth-order valence-corrected chi connectivity index (χ4v) is 1.96. The van der Waals surface area contributed by atoms with Gasteiger partial charge in [-0.2, -0.15) is 0 Å². The van der Waals surface area contributed by atoms with E-state index in [1.165, 1.54) is 0 Å². The van der Waals surface area contributed by atoms with E-state index < -0.39 is 0 Å². The quantitative estimate of drug-likeness (QED) is 0.920. The zero-order valence-electron chi connectivity index (χ0n) is 10.9. The van der Waals surface area contributed by atoms with Gasteiger partial charge in [0.25, 0.3) is 0 Å². The summed E-state index contributed by atoms with van der Waals surface area (Å²) in [5.41, 5.74) is 2.22. The van der Waals surface area contributed by atoms with Gasteiger partial charge in [-0.1, -0.05) is 17.7 Å². The van der Waals surface area contributed by atoms with Crippen molar-refractivity contribution in [3.05, 3.63) is 47.5 Å². The Morgan fingerprint density at radius 3 is 2.72 bits per heavy atom. The number of imidazole rings is 1. The summed E-state index contributed by atoms with van der Waals surface area (Å²) in [5, 5.41) is 4.24. The maximum atomic E-state index is 6.30. The van der Waals surface area contributed by atoms with E-state index in [-0.39, 0.29) is 5.54 Å². The van der Waals surface area contributed by atoms with Gasteiger partial charge >= 0.3 is 0 Å². The average molecular weight is 264 g/mol. The molecule has 0 saturated carbocycles. The van der Waals surface area contributed by atoms with Gasteiger partial charge in [-0.15, -0.1) is 0 Å². The van der Waals surface area contributed by atoms with Crippen LogP contribution in [-0.2, 0) is 6.54 Å². The molecule has 96 valence electrons. The summed E-state index contributed by atoms with van der Waals surface area (Å²) in [6.45, 7) is 7.15. The lowest BCUT2D eigenvalue weighted by Crippen LogP contribution is -2.35. The van der Waals surface area contributed by atoms with Crippen LogP contribution in [0.15, 0.2) is 36.9 Å². The Kier molecular flexibility index (Phi) is 3.73. The van der Waals surface area contributed by atoms with Gasteiger partial charge in [-0.25, -0.2) is 4.98 Å². The summed E-state index contributed by atoms with van der Waals surface area (Å²) in [6, 6.07) is 5.92. The van der Waals surface area contributed by atoms with Gasteiger partial charge in [0, 0.05) is 35.1 Å². The highest BCUT2D eigenvalue weighted by atomic mass is 35.5.